The smallest absolute Gasteiger partial charge is 0.152 e. The van der Waals surface area contributed by atoms with Gasteiger partial charge in [-0.2, -0.15) is 0 Å². The first kappa shape index (κ1) is 9.65. The van der Waals surface area contributed by atoms with Gasteiger partial charge in [-0.15, -0.1) is 0 Å². The highest BCUT2D eigenvalue weighted by atomic mass is 35.5. The van der Waals surface area contributed by atoms with Crippen LogP contribution in [0.25, 0.3) is 0 Å². The lowest BCUT2D eigenvalue weighted by atomic mass is 10.4. The third-order valence-electron chi connectivity index (χ3n) is 1.34. The summed E-state index contributed by atoms with van der Waals surface area (Å²) >= 11 is 4.36. The van der Waals surface area contributed by atoms with Crippen LogP contribution in [-0.4, -0.2) is 10.3 Å². The van der Waals surface area contributed by atoms with Crippen molar-refractivity contribution in [3.63, 3.8) is 0 Å². The van der Waals surface area contributed by atoms with Crippen molar-refractivity contribution < 1.29 is 4.55 Å². The summed E-state index contributed by atoms with van der Waals surface area (Å²) in [6.45, 7) is 0. The van der Waals surface area contributed by atoms with E-state index in [2.05, 4.69) is 0 Å². The first-order valence-electron chi connectivity index (χ1n) is 3.53. The molecular weight excluding hydrogens is 192 g/mol. The van der Waals surface area contributed by atoms with E-state index < -0.39 is 11.2 Å². The molecule has 0 radical (unpaired) electrons. The van der Waals surface area contributed by atoms with Crippen LogP contribution in [-0.2, 0) is 11.2 Å². The molecule has 0 amide bonds. The normalized spacial score (nSPS) is 13.5. The van der Waals surface area contributed by atoms with E-state index in [1.54, 1.807) is 6.08 Å². The molecule has 1 aromatic carbocycles. The SMILES string of the molecule is [O-][S+](CC=CCl)c1ccccc1. The molecule has 0 saturated carbocycles. The summed E-state index contributed by atoms with van der Waals surface area (Å²) < 4.78 is 11.4. The van der Waals surface area contributed by atoms with E-state index in [1.807, 2.05) is 30.3 Å². The summed E-state index contributed by atoms with van der Waals surface area (Å²) in [6, 6.07) is 9.34. The van der Waals surface area contributed by atoms with Crippen molar-refractivity contribution in [3.05, 3.63) is 41.9 Å². The van der Waals surface area contributed by atoms with Crippen LogP contribution in [0.1, 0.15) is 0 Å². The van der Waals surface area contributed by atoms with Gasteiger partial charge in [0.15, 0.2) is 4.90 Å². The number of hydrogen-bond donors (Lipinski definition) is 0. The van der Waals surface area contributed by atoms with Crippen LogP contribution >= 0.6 is 11.6 Å². The van der Waals surface area contributed by atoms with Gasteiger partial charge in [0.1, 0.15) is 5.75 Å². The molecule has 0 N–H and O–H groups in total. The fraction of sp³-hybridized carbons (Fsp3) is 0.111. The highest BCUT2D eigenvalue weighted by Crippen LogP contribution is 2.09. The maximum absolute atomic E-state index is 11.4. The Morgan fingerprint density at radius 3 is 2.58 bits per heavy atom. The van der Waals surface area contributed by atoms with Crippen LogP contribution in [0.2, 0.25) is 0 Å². The van der Waals surface area contributed by atoms with Crippen LogP contribution in [0.15, 0.2) is 46.8 Å². The van der Waals surface area contributed by atoms with Crippen molar-refractivity contribution >= 4 is 22.8 Å². The summed E-state index contributed by atoms with van der Waals surface area (Å²) in [4.78, 5) is 0.840. The average Bonchev–Trinajstić information content (AvgIpc) is 2.15. The van der Waals surface area contributed by atoms with E-state index in [0.29, 0.717) is 5.75 Å². The van der Waals surface area contributed by atoms with Crippen molar-refractivity contribution in [2.75, 3.05) is 5.75 Å². The van der Waals surface area contributed by atoms with Crippen LogP contribution in [0, 0.1) is 0 Å². The molecule has 12 heavy (non-hydrogen) atoms. The molecule has 0 saturated heterocycles. The lowest BCUT2D eigenvalue weighted by Gasteiger charge is -2.06. The summed E-state index contributed by atoms with van der Waals surface area (Å²) in [5.41, 5.74) is 1.39. The number of halogens is 1. The van der Waals surface area contributed by atoms with Gasteiger partial charge in [0.05, 0.1) is 0 Å². The molecule has 0 fully saturated rings. The molecule has 1 aromatic rings. The Morgan fingerprint density at radius 2 is 2.00 bits per heavy atom. The largest absolute Gasteiger partial charge is 0.611 e. The zero-order valence-electron chi connectivity index (χ0n) is 6.44. The Balaban J connectivity index is 2.59. The summed E-state index contributed by atoms with van der Waals surface area (Å²) in [5.74, 6) is 0.480. The van der Waals surface area contributed by atoms with Crippen molar-refractivity contribution in [2.24, 2.45) is 0 Å². The first-order valence-corrected chi connectivity index (χ1v) is 5.29. The molecule has 1 atom stereocenters. The fourth-order valence-electron chi connectivity index (χ4n) is 0.792. The molecule has 0 aliphatic rings. The Hall–Kier alpha value is -0.440. The monoisotopic (exact) mass is 200 g/mol. The van der Waals surface area contributed by atoms with Crippen LogP contribution in [0.5, 0.6) is 0 Å². The van der Waals surface area contributed by atoms with Gasteiger partial charge in [-0.05, 0) is 29.4 Å². The molecule has 1 nitrogen and oxygen atoms in total. The predicted octanol–water partition coefficient (Wildman–Crippen LogP) is 2.55. The van der Waals surface area contributed by atoms with Crippen LogP contribution in [0.4, 0.5) is 0 Å². The van der Waals surface area contributed by atoms with Gasteiger partial charge in [-0.1, -0.05) is 29.8 Å². The van der Waals surface area contributed by atoms with E-state index in [-0.39, 0.29) is 0 Å². The molecule has 0 spiro atoms. The topological polar surface area (TPSA) is 23.1 Å². The fourth-order valence-corrected chi connectivity index (χ4v) is 1.91. The molecular formula is C9H9ClOS. The standard InChI is InChI=1S/C9H9ClOS/c10-7-4-8-12(11)9-5-2-1-3-6-9/h1-7H,8H2. The van der Waals surface area contributed by atoms with Gasteiger partial charge in [-0.25, -0.2) is 0 Å². The number of hydrogen-bond acceptors (Lipinski definition) is 1. The second-order valence-electron chi connectivity index (χ2n) is 2.19. The van der Waals surface area contributed by atoms with Crippen LogP contribution in [0.3, 0.4) is 0 Å². The molecule has 0 aromatic heterocycles. The van der Waals surface area contributed by atoms with E-state index in [9.17, 15) is 4.55 Å². The van der Waals surface area contributed by atoms with Gasteiger partial charge < -0.3 is 4.55 Å². The van der Waals surface area contributed by atoms with E-state index in [4.69, 9.17) is 11.6 Å². The minimum Gasteiger partial charge on any atom is -0.611 e. The zero-order valence-corrected chi connectivity index (χ0v) is 8.02. The second-order valence-corrected chi connectivity index (χ2v) is 3.93. The summed E-state index contributed by atoms with van der Waals surface area (Å²) in [6.07, 6.45) is 1.69. The van der Waals surface area contributed by atoms with Gasteiger partial charge >= 0.3 is 0 Å². The van der Waals surface area contributed by atoms with Crippen molar-refractivity contribution in [1.29, 1.82) is 0 Å². The van der Waals surface area contributed by atoms with Gasteiger partial charge in [-0.3, -0.25) is 0 Å². The highest BCUT2D eigenvalue weighted by molar-refractivity contribution is 7.91. The van der Waals surface area contributed by atoms with Crippen molar-refractivity contribution in [3.8, 4) is 0 Å². The Morgan fingerprint density at radius 1 is 1.33 bits per heavy atom. The number of rotatable bonds is 3. The highest BCUT2D eigenvalue weighted by Gasteiger charge is 2.05. The third kappa shape index (κ3) is 2.89. The molecule has 1 unspecified atom stereocenters. The lowest BCUT2D eigenvalue weighted by molar-refractivity contribution is 0.598. The van der Waals surface area contributed by atoms with Gasteiger partial charge in [0, 0.05) is 5.54 Å². The van der Waals surface area contributed by atoms with E-state index in [0.717, 1.165) is 4.90 Å². The van der Waals surface area contributed by atoms with E-state index in [1.165, 1.54) is 5.54 Å². The maximum Gasteiger partial charge on any atom is 0.152 e. The maximum atomic E-state index is 11.4. The Labute approximate surface area is 80.2 Å². The third-order valence-corrected chi connectivity index (χ3v) is 2.81. The molecule has 64 valence electrons. The molecule has 1 rings (SSSR count). The van der Waals surface area contributed by atoms with Crippen molar-refractivity contribution in [2.45, 2.75) is 4.90 Å². The molecule has 0 aliphatic carbocycles. The lowest BCUT2D eigenvalue weighted by Crippen LogP contribution is -2.03. The zero-order chi connectivity index (χ0) is 8.81. The molecule has 3 heteroatoms. The predicted molar refractivity (Wildman–Crippen MR) is 52.7 cm³/mol. The van der Waals surface area contributed by atoms with Gasteiger partial charge in [0.2, 0.25) is 0 Å². The second kappa shape index (κ2) is 5.25. The Kier molecular flexibility index (Phi) is 4.22. The van der Waals surface area contributed by atoms with Crippen molar-refractivity contribution in [1.82, 2.24) is 0 Å². The molecule has 0 aliphatic heterocycles. The van der Waals surface area contributed by atoms with E-state index >= 15 is 0 Å². The molecule has 0 heterocycles. The quantitative estimate of drug-likeness (QED) is 0.688. The number of benzene rings is 1. The Bertz CT molecular complexity index is 248. The van der Waals surface area contributed by atoms with Crippen LogP contribution < -0.4 is 0 Å². The average molecular weight is 201 g/mol. The minimum atomic E-state index is -0.955. The summed E-state index contributed by atoms with van der Waals surface area (Å²) in [7, 11) is 0. The molecule has 0 bridgehead atoms. The summed E-state index contributed by atoms with van der Waals surface area (Å²) in [5, 5.41) is 0. The first-order chi connectivity index (χ1) is 5.84. The van der Waals surface area contributed by atoms with Gasteiger partial charge in [0.25, 0.3) is 0 Å². The minimum absolute atomic E-state index is 0.480.